The lowest BCUT2D eigenvalue weighted by Gasteiger charge is -2.36. The van der Waals surface area contributed by atoms with Crippen molar-refractivity contribution in [1.82, 2.24) is 9.80 Å². The van der Waals surface area contributed by atoms with Crippen LogP contribution in [0.15, 0.2) is 24.3 Å². The van der Waals surface area contributed by atoms with Gasteiger partial charge in [0.25, 0.3) is 0 Å². The summed E-state index contributed by atoms with van der Waals surface area (Å²) in [7, 11) is 1.87. The first kappa shape index (κ1) is 18.9. The van der Waals surface area contributed by atoms with E-state index in [-0.39, 0.29) is 23.1 Å². The smallest absolute Gasteiger partial charge is 0.226 e. The normalized spacial score (nSPS) is 19.3. The Morgan fingerprint density at radius 3 is 2.88 bits per heavy atom. The van der Waals surface area contributed by atoms with Crippen LogP contribution in [-0.2, 0) is 11.3 Å². The third kappa shape index (κ3) is 5.28. The number of likely N-dealkylation sites (tertiary alicyclic amines) is 1. The number of amides is 1. The molecule has 1 aromatic rings. The van der Waals surface area contributed by atoms with Crippen molar-refractivity contribution in [3.8, 4) is 0 Å². The van der Waals surface area contributed by atoms with Crippen LogP contribution in [0.5, 0.6) is 0 Å². The van der Waals surface area contributed by atoms with Gasteiger partial charge in [-0.25, -0.2) is 4.39 Å². The van der Waals surface area contributed by atoms with Gasteiger partial charge in [-0.1, -0.05) is 26.0 Å². The van der Waals surface area contributed by atoms with E-state index in [1.165, 1.54) is 6.07 Å². The molecule has 0 bridgehead atoms. The van der Waals surface area contributed by atoms with Crippen molar-refractivity contribution >= 4 is 5.91 Å². The van der Waals surface area contributed by atoms with Crippen molar-refractivity contribution < 1.29 is 9.18 Å². The molecule has 2 N–H and O–H groups in total. The van der Waals surface area contributed by atoms with Gasteiger partial charge in [-0.3, -0.25) is 9.69 Å². The molecule has 1 heterocycles. The number of benzene rings is 1. The summed E-state index contributed by atoms with van der Waals surface area (Å²) in [4.78, 5) is 16.8. The van der Waals surface area contributed by atoms with Gasteiger partial charge >= 0.3 is 0 Å². The molecule has 2 rings (SSSR count). The van der Waals surface area contributed by atoms with Gasteiger partial charge in [0.15, 0.2) is 0 Å². The first-order valence-electron chi connectivity index (χ1n) is 8.72. The maximum atomic E-state index is 13.3. The lowest BCUT2D eigenvalue weighted by Crippen LogP contribution is -2.46. The standard InChI is InChI=1S/C19H30FN3O/c1-19(2,13-21)14-22(3)18(24)16-7-5-9-23(12-16)11-15-6-4-8-17(20)10-15/h4,6,8,10,16H,5,7,9,11-14,21H2,1-3H3. The van der Waals surface area contributed by atoms with Gasteiger partial charge < -0.3 is 10.6 Å². The van der Waals surface area contributed by atoms with E-state index in [0.29, 0.717) is 19.6 Å². The van der Waals surface area contributed by atoms with Crippen LogP contribution in [0.1, 0.15) is 32.3 Å². The summed E-state index contributed by atoms with van der Waals surface area (Å²) in [5, 5.41) is 0. The highest BCUT2D eigenvalue weighted by Crippen LogP contribution is 2.22. The third-order valence-electron chi connectivity index (χ3n) is 4.74. The van der Waals surface area contributed by atoms with Crippen LogP contribution in [-0.4, -0.2) is 48.9 Å². The van der Waals surface area contributed by atoms with Crippen LogP contribution in [0.3, 0.4) is 0 Å². The van der Waals surface area contributed by atoms with Crippen LogP contribution in [0, 0.1) is 17.2 Å². The molecule has 1 unspecified atom stereocenters. The molecular weight excluding hydrogens is 305 g/mol. The van der Waals surface area contributed by atoms with Crippen molar-refractivity contribution in [1.29, 1.82) is 0 Å². The summed E-state index contributed by atoms with van der Waals surface area (Å²) < 4.78 is 13.3. The maximum absolute atomic E-state index is 13.3. The average molecular weight is 335 g/mol. The first-order valence-corrected chi connectivity index (χ1v) is 8.72. The van der Waals surface area contributed by atoms with E-state index in [0.717, 1.165) is 31.5 Å². The van der Waals surface area contributed by atoms with Gasteiger partial charge in [0, 0.05) is 26.7 Å². The van der Waals surface area contributed by atoms with E-state index in [1.807, 2.05) is 18.0 Å². The molecule has 24 heavy (non-hydrogen) atoms. The Morgan fingerprint density at radius 1 is 1.46 bits per heavy atom. The minimum atomic E-state index is -0.208. The zero-order valence-electron chi connectivity index (χ0n) is 15.1. The summed E-state index contributed by atoms with van der Waals surface area (Å²) in [5.74, 6) is 0.00670. The van der Waals surface area contributed by atoms with Crippen molar-refractivity contribution in [2.45, 2.75) is 33.2 Å². The number of carbonyl (C=O) groups is 1. The zero-order valence-corrected chi connectivity index (χ0v) is 15.1. The summed E-state index contributed by atoms with van der Waals surface area (Å²) in [6.07, 6.45) is 1.92. The quantitative estimate of drug-likeness (QED) is 0.869. The fourth-order valence-corrected chi connectivity index (χ4v) is 3.39. The second kappa shape index (κ2) is 8.08. The molecule has 1 aliphatic rings. The van der Waals surface area contributed by atoms with Gasteiger partial charge in [0.05, 0.1) is 5.92 Å². The van der Waals surface area contributed by atoms with Gasteiger partial charge in [-0.15, -0.1) is 0 Å². The molecule has 0 saturated carbocycles. The van der Waals surface area contributed by atoms with E-state index in [4.69, 9.17) is 5.73 Å². The second-order valence-electron chi connectivity index (χ2n) is 7.77. The predicted molar refractivity (Wildman–Crippen MR) is 94.9 cm³/mol. The molecule has 1 atom stereocenters. The van der Waals surface area contributed by atoms with Crippen LogP contribution in [0.25, 0.3) is 0 Å². The highest BCUT2D eigenvalue weighted by Gasteiger charge is 2.30. The Hall–Kier alpha value is -1.46. The molecule has 0 aliphatic carbocycles. The van der Waals surface area contributed by atoms with Crippen LogP contribution in [0.2, 0.25) is 0 Å². The zero-order chi connectivity index (χ0) is 17.7. The molecule has 1 aliphatic heterocycles. The molecule has 0 aromatic heterocycles. The van der Waals surface area contributed by atoms with Crippen LogP contribution < -0.4 is 5.73 Å². The highest BCUT2D eigenvalue weighted by atomic mass is 19.1. The maximum Gasteiger partial charge on any atom is 0.226 e. The molecule has 1 saturated heterocycles. The molecule has 5 heteroatoms. The highest BCUT2D eigenvalue weighted by molar-refractivity contribution is 5.79. The fraction of sp³-hybridized carbons (Fsp3) is 0.632. The van der Waals surface area contributed by atoms with Crippen LogP contribution >= 0.6 is 0 Å². The van der Waals surface area contributed by atoms with Gasteiger partial charge in [0.2, 0.25) is 5.91 Å². The lowest BCUT2D eigenvalue weighted by molar-refractivity contribution is -0.137. The number of nitrogens with two attached hydrogens (primary N) is 1. The monoisotopic (exact) mass is 335 g/mol. The van der Waals surface area contributed by atoms with E-state index in [2.05, 4.69) is 18.7 Å². The molecule has 0 radical (unpaired) electrons. The van der Waals surface area contributed by atoms with Gasteiger partial charge in [-0.05, 0) is 49.0 Å². The largest absolute Gasteiger partial charge is 0.345 e. The molecular formula is C19H30FN3O. The number of hydrogen-bond donors (Lipinski definition) is 1. The number of nitrogens with zero attached hydrogens (tertiary/aromatic N) is 2. The van der Waals surface area contributed by atoms with E-state index < -0.39 is 0 Å². The van der Waals surface area contributed by atoms with E-state index >= 15 is 0 Å². The SMILES string of the molecule is CN(CC(C)(C)CN)C(=O)C1CCCN(Cc2cccc(F)c2)C1. The molecule has 4 nitrogen and oxygen atoms in total. The Balaban J connectivity index is 1.93. The number of piperidine rings is 1. The molecule has 1 amide bonds. The summed E-state index contributed by atoms with van der Waals surface area (Å²) in [6.45, 7) is 7.77. The van der Waals surface area contributed by atoms with E-state index in [9.17, 15) is 9.18 Å². The van der Waals surface area contributed by atoms with Crippen molar-refractivity contribution in [3.05, 3.63) is 35.6 Å². The van der Waals surface area contributed by atoms with Crippen molar-refractivity contribution in [2.75, 3.05) is 33.2 Å². The molecule has 1 aromatic carbocycles. The van der Waals surface area contributed by atoms with Crippen molar-refractivity contribution in [2.24, 2.45) is 17.1 Å². The van der Waals surface area contributed by atoms with Gasteiger partial charge in [-0.2, -0.15) is 0 Å². The molecule has 134 valence electrons. The summed E-state index contributed by atoms with van der Waals surface area (Å²) >= 11 is 0. The third-order valence-corrected chi connectivity index (χ3v) is 4.74. The Bertz CT molecular complexity index is 561. The van der Waals surface area contributed by atoms with Crippen LogP contribution in [0.4, 0.5) is 4.39 Å². The number of rotatable bonds is 6. The average Bonchev–Trinajstić information content (AvgIpc) is 2.54. The Morgan fingerprint density at radius 2 is 2.21 bits per heavy atom. The topological polar surface area (TPSA) is 49.6 Å². The second-order valence-corrected chi connectivity index (χ2v) is 7.77. The Kier molecular flexibility index (Phi) is 6.35. The number of carbonyl (C=O) groups excluding carboxylic acids is 1. The molecule has 0 spiro atoms. The fourth-order valence-electron chi connectivity index (χ4n) is 3.39. The van der Waals surface area contributed by atoms with Gasteiger partial charge in [0.1, 0.15) is 5.82 Å². The number of hydrogen-bond acceptors (Lipinski definition) is 3. The summed E-state index contributed by atoms with van der Waals surface area (Å²) in [6, 6.07) is 6.70. The lowest BCUT2D eigenvalue weighted by atomic mass is 9.91. The minimum Gasteiger partial charge on any atom is -0.345 e. The van der Waals surface area contributed by atoms with E-state index in [1.54, 1.807) is 12.1 Å². The Labute approximate surface area is 144 Å². The predicted octanol–water partition coefficient (Wildman–Crippen LogP) is 2.48. The minimum absolute atomic E-state index is 0.0193. The summed E-state index contributed by atoms with van der Waals surface area (Å²) in [5.41, 5.74) is 6.67. The molecule has 1 fully saturated rings. The van der Waals surface area contributed by atoms with Crippen molar-refractivity contribution in [3.63, 3.8) is 0 Å². The number of halogens is 1. The first-order chi connectivity index (χ1) is 11.3.